The molecule has 0 bridgehead atoms. The molecule has 9 nitrogen and oxygen atoms in total. The zero-order chi connectivity index (χ0) is 26.2. The van der Waals surface area contributed by atoms with Crippen molar-refractivity contribution in [3.8, 4) is 22.9 Å². The van der Waals surface area contributed by atoms with E-state index < -0.39 is 5.41 Å². The molecule has 0 aliphatic carbocycles. The van der Waals surface area contributed by atoms with Crippen molar-refractivity contribution in [2.24, 2.45) is 0 Å². The first-order chi connectivity index (χ1) is 18.4. The van der Waals surface area contributed by atoms with Crippen molar-refractivity contribution < 1.29 is 19.0 Å². The Kier molecular flexibility index (Phi) is 5.32. The molecular formula is C29H32N4O5. The third-order valence-electron chi connectivity index (χ3n) is 8.90. The Hall–Kier alpha value is -3.43. The van der Waals surface area contributed by atoms with Gasteiger partial charge in [0.1, 0.15) is 19.8 Å². The molecular weight excluding hydrogens is 484 g/mol. The molecule has 0 unspecified atom stereocenters. The number of fused-ring (bicyclic) bond motifs is 6. The Morgan fingerprint density at radius 3 is 2.45 bits per heavy atom. The van der Waals surface area contributed by atoms with Crippen molar-refractivity contribution in [1.29, 1.82) is 0 Å². The Morgan fingerprint density at radius 2 is 1.71 bits per heavy atom. The molecule has 9 heteroatoms. The molecule has 0 saturated carbocycles. The fourth-order valence-corrected chi connectivity index (χ4v) is 6.27. The maximum atomic E-state index is 13.8. The number of esters is 1. The SMILES string of the molecule is CC[C@@]1(C)C(=O)OCc2c1cc1n(c2=O)Cc2c-1nc1cc3c(cc1c2CN1CCN(C)CC1)OCCO3. The van der Waals surface area contributed by atoms with Gasteiger partial charge >= 0.3 is 5.97 Å². The van der Waals surface area contributed by atoms with Crippen LogP contribution in [0.4, 0.5) is 0 Å². The Balaban J connectivity index is 1.44. The van der Waals surface area contributed by atoms with Gasteiger partial charge in [-0.15, -0.1) is 0 Å². The minimum atomic E-state index is -0.852. The van der Waals surface area contributed by atoms with Crippen molar-refractivity contribution in [3.63, 3.8) is 0 Å². The molecule has 1 atom stereocenters. The number of piperazine rings is 1. The lowest BCUT2D eigenvalue weighted by Crippen LogP contribution is -2.44. The number of ether oxygens (including phenoxy) is 3. The number of cyclic esters (lactones) is 1. The van der Waals surface area contributed by atoms with Crippen LogP contribution < -0.4 is 15.0 Å². The average molecular weight is 517 g/mol. The van der Waals surface area contributed by atoms with E-state index in [1.165, 1.54) is 5.56 Å². The number of benzene rings is 1. The van der Waals surface area contributed by atoms with Crippen LogP contribution in [0, 0.1) is 0 Å². The number of carbonyl (C=O) groups is 1. The molecule has 0 amide bonds. The zero-order valence-electron chi connectivity index (χ0n) is 22.1. The highest BCUT2D eigenvalue weighted by atomic mass is 16.6. The third-order valence-corrected chi connectivity index (χ3v) is 8.90. The van der Waals surface area contributed by atoms with Gasteiger partial charge in [-0.25, -0.2) is 4.98 Å². The molecule has 4 aliphatic rings. The van der Waals surface area contributed by atoms with Gasteiger partial charge in [-0.1, -0.05) is 6.92 Å². The van der Waals surface area contributed by atoms with Crippen molar-refractivity contribution in [2.75, 3.05) is 46.4 Å². The molecule has 198 valence electrons. The van der Waals surface area contributed by atoms with E-state index in [9.17, 15) is 9.59 Å². The highest BCUT2D eigenvalue weighted by Gasteiger charge is 2.43. The molecule has 38 heavy (non-hydrogen) atoms. The molecule has 7 rings (SSSR count). The third kappa shape index (κ3) is 3.41. The van der Waals surface area contributed by atoms with Gasteiger partial charge in [0.05, 0.1) is 34.4 Å². The Morgan fingerprint density at radius 1 is 0.974 bits per heavy atom. The first-order valence-corrected chi connectivity index (χ1v) is 13.5. The van der Waals surface area contributed by atoms with Crippen LogP contribution >= 0.6 is 0 Å². The summed E-state index contributed by atoms with van der Waals surface area (Å²) < 4.78 is 19.1. The first kappa shape index (κ1) is 23.7. The lowest BCUT2D eigenvalue weighted by Gasteiger charge is -2.33. The molecule has 0 spiro atoms. The molecule has 0 N–H and O–H groups in total. The van der Waals surface area contributed by atoms with Gasteiger partial charge in [-0.05, 0) is 43.7 Å². The van der Waals surface area contributed by atoms with Crippen LogP contribution in [0.1, 0.15) is 42.5 Å². The van der Waals surface area contributed by atoms with Crippen LogP contribution in [0.5, 0.6) is 11.5 Å². The quantitative estimate of drug-likeness (QED) is 0.384. The molecule has 0 radical (unpaired) electrons. The van der Waals surface area contributed by atoms with Crippen LogP contribution in [0.2, 0.25) is 0 Å². The predicted octanol–water partition coefficient (Wildman–Crippen LogP) is 2.67. The fourth-order valence-electron chi connectivity index (χ4n) is 6.27. The average Bonchev–Trinajstić information content (AvgIpc) is 3.30. The highest BCUT2D eigenvalue weighted by molar-refractivity contribution is 5.91. The van der Waals surface area contributed by atoms with Gasteiger partial charge in [0.15, 0.2) is 11.5 Å². The van der Waals surface area contributed by atoms with Crippen molar-refractivity contribution in [2.45, 2.75) is 45.4 Å². The topological polar surface area (TPSA) is 86.1 Å². The summed E-state index contributed by atoms with van der Waals surface area (Å²) in [5, 5.41) is 1.04. The second-order valence-electron chi connectivity index (χ2n) is 11.1. The summed E-state index contributed by atoms with van der Waals surface area (Å²) in [6.45, 7) is 10.1. The van der Waals surface area contributed by atoms with E-state index in [1.807, 2.05) is 30.5 Å². The normalized spacial score (nSPS) is 22.7. The van der Waals surface area contributed by atoms with Crippen molar-refractivity contribution >= 4 is 16.9 Å². The molecule has 4 aliphatic heterocycles. The molecule has 1 fully saturated rings. The van der Waals surface area contributed by atoms with Crippen LogP contribution in [0.15, 0.2) is 23.0 Å². The molecule has 2 aromatic heterocycles. The number of pyridine rings is 2. The van der Waals surface area contributed by atoms with Crippen molar-refractivity contribution in [3.05, 3.63) is 50.8 Å². The summed E-state index contributed by atoms with van der Waals surface area (Å²) in [6.07, 6.45) is 0.553. The fraction of sp³-hybridized carbons (Fsp3) is 0.483. The number of likely N-dealkylation sites (N-methyl/N-ethyl adjacent to an activating group) is 1. The summed E-state index contributed by atoms with van der Waals surface area (Å²) in [5.41, 5.74) is 5.06. The van der Waals surface area contributed by atoms with E-state index in [1.54, 1.807) is 0 Å². The summed E-state index contributed by atoms with van der Waals surface area (Å²) in [4.78, 5) is 36.5. The smallest absolute Gasteiger partial charge is 0.316 e. The highest BCUT2D eigenvalue weighted by Crippen LogP contribution is 2.43. The van der Waals surface area contributed by atoms with E-state index in [0.29, 0.717) is 37.5 Å². The van der Waals surface area contributed by atoms with Gasteiger partial charge in [0.2, 0.25) is 0 Å². The van der Waals surface area contributed by atoms with Crippen molar-refractivity contribution in [1.82, 2.24) is 19.4 Å². The molecule has 6 heterocycles. The zero-order valence-corrected chi connectivity index (χ0v) is 22.1. The predicted molar refractivity (Wildman–Crippen MR) is 142 cm³/mol. The van der Waals surface area contributed by atoms with Gasteiger partial charge in [0, 0.05) is 49.7 Å². The number of nitrogens with zero attached hydrogens (tertiary/aromatic N) is 4. The maximum Gasteiger partial charge on any atom is 0.316 e. The van der Waals surface area contributed by atoms with Crippen LogP contribution in [-0.2, 0) is 34.6 Å². The lowest BCUT2D eigenvalue weighted by atomic mass is 9.76. The first-order valence-electron chi connectivity index (χ1n) is 13.5. The van der Waals surface area contributed by atoms with Gasteiger partial charge < -0.3 is 23.7 Å². The summed E-state index contributed by atoms with van der Waals surface area (Å²) in [5.74, 6) is 1.16. The second kappa shape index (κ2) is 8.54. The molecule has 3 aromatic rings. The molecule has 1 saturated heterocycles. The number of aromatic nitrogens is 2. The standard InChI is InChI=1S/C29H32N4O5/c1-4-29(2)21-12-23-26-19(15-33(23)27(34)20(21)16-38-28(29)35)18(14-32-7-5-31(3)6-8-32)17-11-24-25(13-22(17)30-26)37-10-9-36-24/h11-13H,4-10,14-16H2,1-3H3/t29-/m1/s1. The summed E-state index contributed by atoms with van der Waals surface area (Å²) in [6, 6.07) is 6.03. The number of hydrogen-bond acceptors (Lipinski definition) is 8. The number of hydrogen-bond donors (Lipinski definition) is 0. The van der Waals surface area contributed by atoms with Gasteiger partial charge in [-0.3, -0.25) is 14.5 Å². The monoisotopic (exact) mass is 516 g/mol. The Bertz CT molecular complexity index is 1560. The number of rotatable bonds is 3. The summed E-state index contributed by atoms with van der Waals surface area (Å²) in [7, 11) is 2.16. The van der Waals surface area contributed by atoms with E-state index in [0.717, 1.165) is 71.9 Å². The Labute approximate surface area is 220 Å². The number of carbonyl (C=O) groups excluding carboxylic acids is 1. The van der Waals surface area contributed by atoms with Gasteiger partial charge in [0.25, 0.3) is 5.56 Å². The van der Waals surface area contributed by atoms with Crippen LogP contribution in [-0.4, -0.2) is 71.8 Å². The van der Waals surface area contributed by atoms with Crippen LogP contribution in [0.3, 0.4) is 0 Å². The molecule has 1 aromatic carbocycles. The van der Waals surface area contributed by atoms with E-state index in [-0.39, 0.29) is 18.1 Å². The minimum absolute atomic E-state index is 0.0180. The lowest BCUT2D eigenvalue weighted by molar-refractivity contribution is -0.153. The van der Waals surface area contributed by atoms with Crippen LogP contribution in [0.25, 0.3) is 22.3 Å². The van der Waals surface area contributed by atoms with E-state index in [2.05, 4.69) is 22.9 Å². The van der Waals surface area contributed by atoms with Gasteiger partial charge in [-0.2, -0.15) is 0 Å². The van der Waals surface area contributed by atoms with E-state index >= 15 is 0 Å². The second-order valence-corrected chi connectivity index (χ2v) is 11.1. The minimum Gasteiger partial charge on any atom is -0.486 e. The maximum absolute atomic E-state index is 13.8. The van der Waals surface area contributed by atoms with E-state index in [4.69, 9.17) is 19.2 Å². The largest absolute Gasteiger partial charge is 0.486 e. The summed E-state index contributed by atoms with van der Waals surface area (Å²) >= 11 is 0.